The topological polar surface area (TPSA) is 103 Å². The van der Waals surface area contributed by atoms with Gasteiger partial charge in [0, 0.05) is 11.1 Å². The summed E-state index contributed by atoms with van der Waals surface area (Å²) < 4.78 is 43.7. The van der Waals surface area contributed by atoms with Gasteiger partial charge in [0.2, 0.25) is 0 Å². The molecule has 3 aromatic rings. The Balaban J connectivity index is 1.91. The first-order valence-electron chi connectivity index (χ1n) is 17.0. The number of hydrogen-bond acceptors (Lipinski definition) is 7. The monoisotopic (exact) mass is 664 g/mol. The van der Waals surface area contributed by atoms with Crippen LogP contribution < -0.4 is 14.3 Å². The van der Waals surface area contributed by atoms with E-state index in [9.17, 15) is 13.2 Å². The molecule has 0 aromatic heterocycles. The number of benzene rings is 3. The first-order chi connectivity index (χ1) is 22.8. The molecule has 0 amide bonds. The van der Waals surface area contributed by atoms with Crippen LogP contribution in [0.3, 0.4) is 0 Å². The lowest BCUT2D eigenvalue weighted by atomic mass is 10.0. The van der Waals surface area contributed by atoms with Gasteiger partial charge in [0.1, 0.15) is 0 Å². The number of methoxy groups -OCH3 is 1. The number of sulfonamides is 1. The number of carbonyl (C=O) groups is 1. The van der Waals surface area contributed by atoms with Gasteiger partial charge in [0.15, 0.2) is 11.5 Å². The molecule has 1 N–H and O–H groups in total. The fourth-order valence-electron chi connectivity index (χ4n) is 5.07. The van der Waals surface area contributed by atoms with E-state index in [2.05, 4.69) is 23.8 Å². The molecule has 3 rings (SSSR count). The predicted octanol–water partition coefficient (Wildman–Crippen LogP) is 8.99. The lowest BCUT2D eigenvalue weighted by molar-refractivity contribution is 0.0600. The van der Waals surface area contributed by atoms with E-state index < -0.39 is 16.0 Å². The number of ether oxygens (including phenoxy) is 3. The minimum Gasteiger partial charge on any atom is -0.490 e. The molecule has 0 atom stereocenters. The Hall–Kier alpha value is -3.85. The average Bonchev–Trinajstić information content (AvgIpc) is 3.08. The minimum atomic E-state index is -3.95. The molecule has 0 aliphatic rings. The Labute approximate surface area is 282 Å². The van der Waals surface area contributed by atoms with Gasteiger partial charge in [-0.05, 0) is 62.2 Å². The average molecular weight is 665 g/mol. The largest absolute Gasteiger partial charge is 0.490 e. The van der Waals surface area contributed by atoms with Crippen LogP contribution in [0.5, 0.6) is 11.5 Å². The highest BCUT2D eigenvalue weighted by atomic mass is 32.2. The van der Waals surface area contributed by atoms with Crippen LogP contribution >= 0.6 is 0 Å². The molecule has 0 bridgehead atoms. The van der Waals surface area contributed by atoms with E-state index in [-0.39, 0.29) is 4.90 Å². The molecule has 0 unspecified atom stereocenters. The molecule has 0 radical (unpaired) electrons. The summed E-state index contributed by atoms with van der Waals surface area (Å²) in [6.07, 6.45) is 13.9. The Morgan fingerprint density at radius 3 is 1.74 bits per heavy atom. The highest BCUT2D eigenvalue weighted by Gasteiger charge is 2.17. The highest BCUT2D eigenvalue weighted by Crippen LogP contribution is 2.31. The second-order valence-corrected chi connectivity index (χ2v) is 13.5. The van der Waals surface area contributed by atoms with Crippen molar-refractivity contribution in [3.8, 4) is 11.5 Å². The Bertz CT molecular complexity index is 1500. The third kappa shape index (κ3) is 12.7. The molecular formula is C38H52N2O6S. The van der Waals surface area contributed by atoms with Gasteiger partial charge in [-0.25, -0.2) is 4.79 Å². The molecule has 0 heterocycles. The highest BCUT2D eigenvalue weighted by molar-refractivity contribution is 7.89. The number of unbranched alkanes of at least 4 members (excludes halogenated alkanes) is 10. The zero-order chi connectivity index (χ0) is 33.9. The van der Waals surface area contributed by atoms with Crippen molar-refractivity contribution in [2.45, 2.75) is 103 Å². The van der Waals surface area contributed by atoms with Gasteiger partial charge >= 0.3 is 5.97 Å². The van der Waals surface area contributed by atoms with Gasteiger partial charge in [-0.3, -0.25) is 0 Å². The van der Waals surface area contributed by atoms with Crippen LogP contribution in [0.25, 0.3) is 0 Å². The summed E-state index contributed by atoms with van der Waals surface area (Å²) in [5.41, 5.74) is 2.92. The number of nitrogens with zero attached hydrogens (tertiary/aromatic N) is 1. The first kappa shape index (κ1) is 37.6. The van der Waals surface area contributed by atoms with Crippen molar-refractivity contribution in [3.05, 3.63) is 89.0 Å². The van der Waals surface area contributed by atoms with Gasteiger partial charge < -0.3 is 14.2 Å². The zero-order valence-electron chi connectivity index (χ0n) is 28.6. The van der Waals surface area contributed by atoms with E-state index in [1.807, 2.05) is 25.1 Å². The fourth-order valence-corrected chi connectivity index (χ4v) is 5.88. The molecule has 0 fully saturated rings. The third-order valence-electron chi connectivity index (χ3n) is 7.92. The normalized spacial score (nSPS) is 11.7. The standard InChI is InChI=1S/C38H52N2O6S/c1-5-7-9-11-13-15-27-45-35-26-23-33(29-36(35)46-28-16-14-12-10-8-6-2)37(31-19-21-32(22-20-31)38(41)44-4)39-40-47(42,43)34-24-17-30(3)18-25-34/h17-26,29,40H,5-16,27-28H2,1-4H3/b39-37+. The Morgan fingerprint density at radius 2 is 1.17 bits per heavy atom. The van der Waals surface area contributed by atoms with Crippen molar-refractivity contribution >= 4 is 21.7 Å². The summed E-state index contributed by atoms with van der Waals surface area (Å²) in [5, 5.41) is 4.42. The minimum absolute atomic E-state index is 0.105. The Morgan fingerprint density at radius 1 is 0.660 bits per heavy atom. The number of aryl methyl sites for hydroxylation is 1. The molecular weight excluding hydrogens is 612 g/mol. The summed E-state index contributed by atoms with van der Waals surface area (Å²) >= 11 is 0. The first-order valence-corrected chi connectivity index (χ1v) is 18.5. The molecule has 0 spiro atoms. The number of rotatable bonds is 22. The van der Waals surface area contributed by atoms with Crippen LogP contribution in [-0.4, -0.2) is 40.4 Å². The predicted molar refractivity (Wildman–Crippen MR) is 189 cm³/mol. The van der Waals surface area contributed by atoms with Crippen LogP contribution in [0.4, 0.5) is 0 Å². The summed E-state index contributed by atoms with van der Waals surface area (Å²) in [7, 11) is -2.63. The molecule has 9 heteroatoms. The van der Waals surface area contributed by atoms with Gasteiger partial charge in [0.05, 0.1) is 36.5 Å². The second kappa shape index (κ2) is 20.4. The molecule has 3 aromatic carbocycles. The molecule has 0 aliphatic carbocycles. The smallest absolute Gasteiger partial charge is 0.337 e. The fraction of sp³-hybridized carbons (Fsp3) is 0.474. The van der Waals surface area contributed by atoms with Crippen LogP contribution in [0, 0.1) is 6.92 Å². The molecule has 47 heavy (non-hydrogen) atoms. The van der Waals surface area contributed by atoms with Crippen LogP contribution in [-0.2, 0) is 14.8 Å². The number of esters is 1. The summed E-state index contributed by atoms with van der Waals surface area (Å²) in [5.74, 6) is 0.767. The van der Waals surface area contributed by atoms with Gasteiger partial charge in [0.25, 0.3) is 10.0 Å². The maximum Gasteiger partial charge on any atom is 0.337 e. The lowest BCUT2D eigenvalue weighted by Gasteiger charge is -2.16. The second-order valence-electron chi connectivity index (χ2n) is 11.8. The van der Waals surface area contributed by atoms with E-state index in [4.69, 9.17) is 14.2 Å². The molecule has 0 saturated carbocycles. The number of hydrazone groups is 1. The van der Waals surface area contributed by atoms with Crippen molar-refractivity contribution < 1.29 is 27.4 Å². The van der Waals surface area contributed by atoms with Gasteiger partial charge in [-0.2, -0.15) is 18.4 Å². The third-order valence-corrected chi connectivity index (χ3v) is 9.14. The van der Waals surface area contributed by atoms with Gasteiger partial charge in [-0.1, -0.05) is 108 Å². The van der Waals surface area contributed by atoms with Crippen molar-refractivity contribution in [2.24, 2.45) is 5.10 Å². The van der Waals surface area contributed by atoms with Gasteiger partial charge in [-0.15, -0.1) is 0 Å². The van der Waals surface area contributed by atoms with Crippen molar-refractivity contribution in [1.82, 2.24) is 4.83 Å². The molecule has 256 valence electrons. The molecule has 8 nitrogen and oxygen atoms in total. The SMILES string of the molecule is CCCCCCCCOc1ccc(/C(=N/NS(=O)(=O)c2ccc(C)cc2)c2ccc(C(=O)OC)cc2)cc1OCCCCCCCC. The summed E-state index contributed by atoms with van der Waals surface area (Å²) in [6, 6.07) is 18.8. The number of hydrogen-bond donors (Lipinski definition) is 1. The van der Waals surface area contributed by atoms with Crippen molar-refractivity contribution in [3.63, 3.8) is 0 Å². The summed E-state index contributed by atoms with van der Waals surface area (Å²) in [6.45, 7) is 7.45. The Kier molecular flexibility index (Phi) is 16.3. The number of carbonyl (C=O) groups excluding carboxylic acids is 1. The molecule has 0 saturated heterocycles. The summed E-state index contributed by atoms with van der Waals surface area (Å²) in [4.78, 5) is 14.6. The zero-order valence-corrected chi connectivity index (χ0v) is 29.4. The van der Waals surface area contributed by atoms with Crippen LogP contribution in [0.1, 0.15) is 118 Å². The van der Waals surface area contributed by atoms with E-state index >= 15 is 0 Å². The lowest BCUT2D eigenvalue weighted by Crippen LogP contribution is -2.21. The number of nitrogens with one attached hydrogen (secondary N) is 1. The maximum absolute atomic E-state index is 13.2. The van der Waals surface area contributed by atoms with Crippen LogP contribution in [0.2, 0.25) is 0 Å². The van der Waals surface area contributed by atoms with E-state index in [0.29, 0.717) is 47.1 Å². The quantitative estimate of drug-likeness (QED) is 0.0498. The van der Waals surface area contributed by atoms with E-state index in [1.54, 1.807) is 48.5 Å². The molecule has 0 aliphatic heterocycles. The van der Waals surface area contributed by atoms with Crippen molar-refractivity contribution in [2.75, 3.05) is 20.3 Å². The van der Waals surface area contributed by atoms with Crippen LogP contribution in [0.15, 0.2) is 76.7 Å². The van der Waals surface area contributed by atoms with Crippen molar-refractivity contribution in [1.29, 1.82) is 0 Å². The maximum atomic E-state index is 13.2. The van der Waals surface area contributed by atoms with E-state index in [0.717, 1.165) is 31.2 Å². The van der Waals surface area contributed by atoms with E-state index in [1.165, 1.54) is 58.5 Å².